The van der Waals surface area contributed by atoms with Crippen LogP contribution in [0.4, 0.5) is 0 Å². The van der Waals surface area contributed by atoms with E-state index in [0.717, 1.165) is 0 Å². The Morgan fingerprint density at radius 2 is 2.04 bits per heavy atom. The first-order chi connectivity index (χ1) is 10.6. The number of thioether (sulfide) groups is 1. The van der Waals surface area contributed by atoms with Crippen molar-refractivity contribution >= 4 is 35.5 Å². The molecular formula is C14H23N3O5S. The molecule has 0 saturated carbocycles. The van der Waals surface area contributed by atoms with Gasteiger partial charge in [-0.3, -0.25) is 24.1 Å². The zero-order valence-corrected chi connectivity index (χ0v) is 14.6. The van der Waals surface area contributed by atoms with Gasteiger partial charge in [-0.05, 0) is 20.8 Å². The van der Waals surface area contributed by atoms with Gasteiger partial charge in [-0.15, -0.1) is 11.8 Å². The normalized spacial score (nSPS) is 19.7. The van der Waals surface area contributed by atoms with Crippen LogP contribution < -0.4 is 11.1 Å². The lowest BCUT2D eigenvalue weighted by molar-refractivity contribution is -0.143. The Kier molecular flexibility index (Phi) is 6.57. The van der Waals surface area contributed by atoms with Crippen molar-refractivity contribution in [1.29, 1.82) is 0 Å². The molecule has 0 aromatic rings. The number of carbonyl (C=O) groups is 4. The lowest BCUT2D eigenvalue weighted by Gasteiger charge is -2.30. The lowest BCUT2D eigenvalue weighted by Crippen LogP contribution is -2.46. The van der Waals surface area contributed by atoms with Gasteiger partial charge < -0.3 is 15.8 Å². The topological polar surface area (TPSA) is 119 Å². The molecule has 1 unspecified atom stereocenters. The van der Waals surface area contributed by atoms with Gasteiger partial charge in [0.15, 0.2) is 0 Å². The number of hydrogen-bond donors (Lipinski definition) is 2. The predicted molar refractivity (Wildman–Crippen MR) is 85.5 cm³/mol. The van der Waals surface area contributed by atoms with Crippen molar-refractivity contribution in [2.24, 2.45) is 5.73 Å². The Balaban J connectivity index is 2.49. The molecule has 1 rings (SSSR count). The van der Waals surface area contributed by atoms with Gasteiger partial charge in [0.05, 0.1) is 18.4 Å². The molecule has 3 N–H and O–H groups in total. The maximum atomic E-state index is 12.3. The zero-order valence-electron chi connectivity index (χ0n) is 13.8. The van der Waals surface area contributed by atoms with Gasteiger partial charge >= 0.3 is 5.97 Å². The summed E-state index contributed by atoms with van der Waals surface area (Å²) in [5, 5.41) is 1.82. The fourth-order valence-corrected chi connectivity index (χ4v) is 3.20. The summed E-state index contributed by atoms with van der Waals surface area (Å²) in [5.41, 5.74) is 5.16. The van der Waals surface area contributed by atoms with E-state index >= 15 is 0 Å². The van der Waals surface area contributed by atoms with E-state index in [-0.39, 0.29) is 30.5 Å². The maximum Gasteiger partial charge on any atom is 0.325 e. The van der Waals surface area contributed by atoms with Gasteiger partial charge in [0.1, 0.15) is 6.54 Å². The van der Waals surface area contributed by atoms with Crippen LogP contribution in [0.3, 0.4) is 0 Å². The fraction of sp³-hybridized carbons (Fsp3) is 0.714. The molecule has 23 heavy (non-hydrogen) atoms. The lowest BCUT2D eigenvalue weighted by atomic mass is 10.1. The number of methoxy groups -OCH3 is 1. The van der Waals surface area contributed by atoms with Gasteiger partial charge in [-0.25, -0.2) is 0 Å². The van der Waals surface area contributed by atoms with Crippen LogP contribution in [0, 0.1) is 0 Å². The predicted octanol–water partition coefficient (Wildman–Crippen LogP) is -0.738. The second-order valence-electron chi connectivity index (χ2n) is 6.16. The van der Waals surface area contributed by atoms with E-state index in [0.29, 0.717) is 0 Å². The van der Waals surface area contributed by atoms with Crippen LogP contribution in [0.5, 0.6) is 0 Å². The third-order valence-corrected chi connectivity index (χ3v) is 4.55. The largest absolute Gasteiger partial charge is 0.468 e. The minimum atomic E-state index is -0.878. The number of nitrogens with zero attached hydrogens (tertiary/aromatic N) is 1. The second kappa shape index (κ2) is 7.78. The SMILES string of the molecule is COC(=O)CNC(=O)[C@@H](N)CSC1CC(=O)N(C(C)(C)C)C1=O. The number of esters is 1. The summed E-state index contributed by atoms with van der Waals surface area (Å²) in [6.45, 7) is 5.12. The Morgan fingerprint density at radius 3 is 2.52 bits per heavy atom. The summed E-state index contributed by atoms with van der Waals surface area (Å²) in [5.74, 6) is -1.38. The molecule has 0 radical (unpaired) electrons. The molecule has 130 valence electrons. The highest BCUT2D eigenvalue weighted by Gasteiger charge is 2.44. The van der Waals surface area contributed by atoms with Gasteiger partial charge in [-0.1, -0.05) is 0 Å². The summed E-state index contributed by atoms with van der Waals surface area (Å²) in [4.78, 5) is 48.2. The number of rotatable bonds is 6. The summed E-state index contributed by atoms with van der Waals surface area (Å²) in [7, 11) is 1.22. The molecule has 0 bridgehead atoms. The average Bonchev–Trinajstić information content (AvgIpc) is 2.75. The third-order valence-electron chi connectivity index (χ3n) is 3.22. The van der Waals surface area contributed by atoms with Crippen molar-refractivity contribution in [1.82, 2.24) is 10.2 Å². The molecule has 1 aliphatic rings. The summed E-state index contributed by atoms with van der Waals surface area (Å²) >= 11 is 1.18. The van der Waals surface area contributed by atoms with E-state index in [4.69, 9.17) is 5.73 Å². The van der Waals surface area contributed by atoms with Crippen molar-refractivity contribution in [3.05, 3.63) is 0 Å². The first-order valence-electron chi connectivity index (χ1n) is 7.16. The van der Waals surface area contributed by atoms with E-state index < -0.39 is 28.7 Å². The standard InChI is InChI=1S/C14H23N3O5S/c1-14(2,3)17-10(18)5-9(13(17)21)23-7-8(15)12(20)16-6-11(19)22-4/h8-9H,5-7,15H2,1-4H3,(H,16,20)/t8-,9?/m0/s1. The molecular weight excluding hydrogens is 322 g/mol. The van der Waals surface area contributed by atoms with Crippen LogP contribution in [-0.2, 0) is 23.9 Å². The Labute approximate surface area is 139 Å². The number of nitrogens with two attached hydrogens (primary N) is 1. The zero-order chi connectivity index (χ0) is 17.8. The molecule has 0 aromatic carbocycles. The fourth-order valence-electron chi connectivity index (χ4n) is 2.10. The minimum Gasteiger partial charge on any atom is -0.468 e. The van der Waals surface area contributed by atoms with E-state index in [1.54, 1.807) is 20.8 Å². The highest BCUT2D eigenvalue weighted by molar-refractivity contribution is 8.00. The highest BCUT2D eigenvalue weighted by atomic mass is 32.2. The number of carbonyl (C=O) groups excluding carboxylic acids is 4. The molecule has 0 spiro atoms. The molecule has 8 nitrogen and oxygen atoms in total. The van der Waals surface area contributed by atoms with Crippen molar-refractivity contribution in [3.8, 4) is 0 Å². The van der Waals surface area contributed by atoms with Crippen LogP contribution in [-0.4, -0.2) is 64.8 Å². The van der Waals surface area contributed by atoms with Crippen molar-refractivity contribution < 1.29 is 23.9 Å². The van der Waals surface area contributed by atoms with Gasteiger partial charge in [0.2, 0.25) is 17.7 Å². The van der Waals surface area contributed by atoms with Crippen LogP contribution in [0.25, 0.3) is 0 Å². The number of amides is 3. The number of likely N-dealkylation sites (tertiary alicyclic amines) is 1. The molecule has 9 heteroatoms. The van der Waals surface area contributed by atoms with Crippen LogP contribution in [0.15, 0.2) is 0 Å². The molecule has 3 amide bonds. The summed E-state index contributed by atoms with van der Waals surface area (Å²) in [6, 6.07) is -0.878. The first kappa shape index (κ1) is 19.4. The van der Waals surface area contributed by atoms with Gasteiger partial charge in [0.25, 0.3) is 0 Å². The van der Waals surface area contributed by atoms with E-state index in [9.17, 15) is 19.2 Å². The van der Waals surface area contributed by atoms with E-state index in [2.05, 4.69) is 10.1 Å². The second-order valence-corrected chi connectivity index (χ2v) is 7.40. The van der Waals surface area contributed by atoms with E-state index in [1.807, 2.05) is 0 Å². The molecule has 0 aliphatic carbocycles. The first-order valence-corrected chi connectivity index (χ1v) is 8.21. The van der Waals surface area contributed by atoms with Crippen molar-refractivity contribution in [3.63, 3.8) is 0 Å². The average molecular weight is 345 g/mol. The molecule has 2 atom stereocenters. The molecule has 1 fully saturated rings. The Hall–Kier alpha value is -1.61. The molecule has 1 saturated heterocycles. The highest BCUT2D eigenvalue weighted by Crippen LogP contribution is 2.30. The van der Waals surface area contributed by atoms with Crippen molar-refractivity contribution in [2.45, 2.75) is 44.0 Å². The molecule has 0 aromatic heterocycles. The number of ether oxygens (including phenoxy) is 1. The summed E-state index contributed by atoms with van der Waals surface area (Å²) < 4.78 is 4.40. The van der Waals surface area contributed by atoms with Gasteiger partial charge in [0, 0.05) is 17.7 Å². The number of imide groups is 1. The van der Waals surface area contributed by atoms with Gasteiger partial charge in [-0.2, -0.15) is 0 Å². The summed E-state index contributed by atoms with van der Waals surface area (Å²) in [6.07, 6.45) is 0.108. The van der Waals surface area contributed by atoms with Crippen LogP contribution >= 0.6 is 11.8 Å². The third kappa shape index (κ3) is 5.21. The van der Waals surface area contributed by atoms with E-state index in [1.165, 1.54) is 23.8 Å². The maximum absolute atomic E-state index is 12.3. The van der Waals surface area contributed by atoms with Crippen LogP contribution in [0.1, 0.15) is 27.2 Å². The monoisotopic (exact) mass is 345 g/mol. The molecule has 1 heterocycles. The quantitative estimate of drug-likeness (QED) is 0.481. The Bertz CT molecular complexity index is 503. The Morgan fingerprint density at radius 1 is 1.43 bits per heavy atom. The van der Waals surface area contributed by atoms with Crippen molar-refractivity contribution in [2.75, 3.05) is 19.4 Å². The number of nitrogens with one attached hydrogen (secondary N) is 1. The smallest absolute Gasteiger partial charge is 0.325 e. The van der Waals surface area contributed by atoms with Crippen LogP contribution in [0.2, 0.25) is 0 Å². The number of hydrogen-bond acceptors (Lipinski definition) is 7. The minimum absolute atomic E-state index is 0.108. The molecule has 1 aliphatic heterocycles.